The molecule has 0 bridgehead atoms. The largest absolute Gasteiger partial charge is 0.491 e. The second-order valence-corrected chi connectivity index (χ2v) is 8.76. The molecule has 0 radical (unpaired) electrons. The Labute approximate surface area is 204 Å². The smallest absolute Gasteiger partial charge is 0.270 e. The summed E-state index contributed by atoms with van der Waals surface area (Å²) in [6, 6.07) is 9.53. The first-order chi connectivity index (χ1) is 17.0. The van der Waals surface area contributed by atoms with E-state index in [1.165, 1.54) is 0 Å². The van der Waals surface area contributed by atoms with E-state index in [9.17, 15) is 4.79 Å². The molecule has 1 saturated carbocycles. The topological polar surface area (TPSA) is 140 Å². The van der Waals surface area contributed by atoms with Crippen molar-refractivity contribution >= 4 is 5.91 Å². The van der Waals surface area contributed by atoms with Gasteiger partial charge < -0.3 is 20.5 Å². The van der Waals surface area contributed by atoms with Gasteiger partial charge in [0.25, 0.3) is 5.91 Å². The van der Waals surface area contributed by atoms with Crippen LogP contribution in [0.3, 0.4) is 0 Å². The molecule has 11 heteroatoms. The van der Waals surface area contributed by atoms with E-state index in [1.807, 2.05) is 25.2 Å². The third-order valence-electron chi connectivity index (χ3n) is 6.14. The molecule has 0 saturated heterocycles. The predicted octanol–water partition coefficient (Wildman–Crippen LogP) is 1.52. The van der Waals surface area contributed by atoms with Gasteiger partial charge in [-0.3, -0.25) is 4.79 Å². The number of carbonyl (C=O) groups excluding carboxylic acids is 1. The van der Waals surface area contributed by atoms with Gasteiger partial charge in [0.15, 0.2) is 0 Å². The van der Waals surface area contributed by atoms with Crippen molar-refractivity contribution in [2.45, 2.75) is 51.7 Å². The molecule has 0 spiro atoms. The van der Waals surface area contributed by atoms with E-state index >= 15 is 0 Å². The zero-order chi connectivity index (χ0) is 24.6. The maximum absolute atomic E-state index is 12.8. The summed E-state index contributed by atoms with van der Waals surface area (Å²) in [5, 5.41) is 28.0. The molecule has 1 aliphatic rings. The van der Waals surface area contributed by atoms with E-state index in [-0.39, 0.29) is 24.8 Å². The zero-order valence-electron chi connectivity index (χ0n) is 20.1. The van der Waals surface area contributed by atoms with Crippen LogP contribution in [0.5, 0.6) is 5.75 Å². The van der Waals surface area contributed by atoms with Crippen LogP contribution in [0.1, 0.15) is 47.6 Å². The number of aromatic nitrogens is 6. The monoisotopic (exact) mass is 480 g/mol. The third-order valence-corrected chi connectivity index (χ3v) is 6.14. The standard InChI is InChI=1S/C24H32N8O3/c1-16-27-21(23-29-31-32(30-23)15-17-6-8-19(25-2)9-7-17)13-22(28-16)24(34)26-14-18-4-3-5-20(12-18)35-11-10-33/h3-5,12-13,17,19,25,33H,6-11,14-15H2,1-2H3,(H,26,34)/t17-,19-. The number of benzene rings is 1. The Balaban J connectivity index is 1.38. The summed E-state index contributed by atoms with van der Waals surface area (Å²) in [5.41, 5.74) is 1.57. The Morgan fingerprint density at radius 1 is 1.20 bits per heavy atom. The Morgan fingerprint density at radius 2 is 2.03 bits per heavy atom. The van der Waals surface area contributed by atoms with Crippen molar-refractivity contribution < 1.29 is 14.6 Å². The first kappa shape index (κ1) is 24.7. The fourth-order valence-corrected chi connectivity index (χ4v) is 4.27. The van der Waals surface area contributed by atoms with Gasteiger partial charge in [0.05, 0.1) is 13.2 Å². The molecule has 3 N–H and O–H groups in total. The number of aliphatic hydroxyl groups excluding tert-OH is 1. The third kappa shape index (κ3) is 6.80. The lowest BCUT2D eigenvalue weighted by Crippen LogP contribution is -2.31. The molecule has 3 aromatic rings. The molecule has 1 aliphatic carbocycles. The van der Waals surface area contributed by atoms with E-state index in [0.29, 0.717) is 41.6 Å². The molecule has 4 rings (SSSR count). The summed E-state index contributed by atoms with van der Waals surface area (Å²) in [4.78, 5) is 23.1. The minimum absolute atomic E-state index is 0.0589. The van der Waals surface area contributed by atoms with Crippen molar-refractivity contribution in [3.8, 4) is 17.3 Å². The molecule has 0 atom stereocenters. The molecule has 2 heterocycles. The minimum atomic E-state index is -0.327. The Kier molecular flexibility index (Phi) is 8.32. The number of aryl methyl sites for hydroxylation is 1. The van der Waals surface area contributed by atoms with Crippen LogP contribution in [0.25, 0.3) is 11.5 Å². The van der Waals surface area contributed by atoms with Crippen LogP contribution in [0.15, 0.2) is 30.3 Å². The first-order valence-corrected chi connectivity index (χ1v) is 12.0. The predicted molar refractivity (Wildman–Crippen MR) is 129 cm³/mol. The van der Waals surface area contributed by atoms with E-state index in [2.05, 4.69) is 36.0 Å². The molecular weight excluding hydrogens is 448 g/mol. The number of rotatable bonds is 10. The average Bonchev–Trinajstić information content (AvgIpc) is 3.35. The van der Waals surface area contributed by atoms with Crippen molar-refractivity contribution in [1.29, 1.82) is 0 Å². The maximum Gasteiger partial charge on any atom is 0.270 e. The van der Waals surface area contributed by atoms with Crippen LogP contribution >= 0.6 is 0 Å². The van der Waals surface area contributed by atoms with Crippen LogP contribution in [0.2, 0.25) is 0 Å². The molecule has 11 nitrogen and oxygen atoms in total. The number of hydrogen-bond donors (Lipinski definition) is 3. The highest BCUT2D eigenvalue weighted by Crippen LogP contribution is 2.25. The van der Waals surface area contributed by atoms with E-state index in [0.717, 1.165) is 37.8 Å². The van der Waals surface area contributed by atoms with Gasteiger partial charge in [-0.15, -0.1) is 10.2 Å². The van der Waals surface area contributed by atoms with Gasteiger partial charge in [-0.05, 0) is 74.5 Å². The van der Waals surface area contributed by atoms with Crippen molar-refractivity contribution in [2.75, 3.05) is 20.3 Å². The van der Waals surface area contributed by atoms with Crippen LogP contribution in [0.4, 0.5) is 0 Å². The molecule has 1 aromatic carbocycles. The summed E-state index contributed by atoms with van der Waals surface area (Å²) in [6.45, 7) is 2.91. The summed E-state index contributed by atoms with van der Waals surface area (Å²) >= 11 is 0. The van der Waals surface area contributed by atoms with Crippen molar-refractivity contribution in [2.24, 2.45) is 5.92 Å². The first-order valence-electron chi connectivity index (χ1n) is 12.0. The highest BCUT2D eigenvalue weighted by molar-refractivity contribution is 5.93. The number of ether oxygens (including phenoxy) is 1. The SMILES string of the molecule is CN[C@H]1CC[C@H](Cn2nnc(-c3cc(C(=O)NCc4cccc(OCCO)c4)nc(C)n3)n2)CC1. The van der Waals surface area contributed by atoms with Gasteiger partial charge in [-0.1, -0.05) is 12.1 Å². The van der Waals surface area contributed by atoms with Crippen LogP contribution in [-0.2, 0) is 13.1 Å². The van der Waals surface area contributed by atoms with Gasteiger partial charge in [0.1, 0.15) is 29.6 Å². The van der Waals surface area contributed by atoms with Crippen LogP contribution in [0, 0.1) is 12.8 Å². The van der Waals surface area contributed by atoms with Crippen molar-refractivity contribution in [3.63, 3.8) is 0 Å². The number of tetrazole rings is 1. The van der Waals surface area contributed by atoms with Gasteiger partial charge in [-0.2, -0.15) is 4.80 Å². The van der Waals surface area contributed by atoms with Gasteiger partial charge in [-0.25, -0.2) is 9.97 Å². The number of nitrogens with zero attached hydrogens (tertiary/aromatic N) is 6. The molecule has 0 aliphatic heterocycles. The van der Waals surface area contributed by atoms with E-state index in [1.54, 1.807) is 23.9 Å². The molecule has 0 unspecified atom stereocenters. The molecule has 1 amide bonds. The molecule has 2 aromatic heterocycles. The fourth-order valence-electron chi connectivity index (χ4n) is 4.27. The number of nitrogens with one attached hydrogen (secondary N) is 2. The van der Waals surface area contributed by atoms with Gasteiger partial charge >= 0.3 is 0 Å². The van der Waals surface area contributed by atoms with E-state index < -0.39 is 0 Å². The molecule has 186 valence electrons. The second kappa shape index (κ2) is 11.8. The highest BCUT2D eigenvalue weighted by Gasteiger charge is 2.22. The zero-order valence-corrected chi connectivity index (χ0v) is 20.1. The summed E-state index contributed by atoms with van der Waals surface area (Å²) in [6.07, 6.45) is 4.59. The molecular formula is C24H32N8O3. The number of hydrogen-bond acceptors (Lipinski definition) is 9. The summed E-state index contributed by atoms with van der Waals surface area (Å²) < 4.78 is 5.42. The lowest BCUT2D eigenvalue weighted by atomic mass is 9.86. The number of amides is 1. The maximum atomic E-state index is 12.8. The quantitative estimate of drug-likeness (QED) is 0.394. The average molecular weight is 481 g/mol. The second-order valence-electron chi connectivity index (χ2n) is 8.76. The van der Waals surface area contributed by atoms with Gasteiger partial charge in [0.2, 0.25) is 5.82 Å². The van der Waals surface area contributed by atoms with Crippen LogP contribution in [-0.4, -0.2) is 67.5 Å². The van der Waals surface area contributed by atoms with Crippen molar-refractivity contribution in [3.05, 3.63) is 47.4 Å². The summed E-state index contributed by atoms with van der Waals surface area (Å²) in [5.74, 6) is 1.67. The normalized spacial score (nSPS) is 17.8. The molecule has 1 fully saturated rings. The fraction of sp³-hybridized carbons (Fsp3) is 0.500. The summed E-state index contributed by atoms with van der Waals surface area (Å²) in [7, 11) is 2.02. The van der Waals surface area contributed by atoms with E-state index in [4.69, 9.17) is 9.84 Å². The molecule has 35 heavy (non-hydrogen) atoms. The number of aliphatic hydroxyl groups is 1. The van der Waals surface area contributed by atoms with Gasteiger partial charge in [0, 0.05) is 12.6 Å². The Morgan fingerprint density at radius 3 is 2.80 bits per heavy atom. The lowest BCUT2D eigenvalue weighted by Gasteiger charge is -2.27. The Bertz CT molecular complexity index is 1130. The highest BCUT2D eigenvalue weighted by atomic mass is 16.5. The minimum Gasteiger partial charge on any atom is -0.491 e. The Hall–Kier alpha value is -3.44. The van der Waals surface area contributed by atoms with Crippen LogP contribution < -0.4 is 15.4 Å². The lowest BCUT2D eigenvalue weighted by molar-refractivity contribution is 0.0945. The number of carbonyl (C=O) groups is 1. The van der Waals surface area contributed by atoms with Crippen molar-refractivity contribution in [1.82, 2.24) is 40.8 Å².